The molecule has 2 atom stereocenters. The maximum absolute atomic E-state index is 13.1. The Bertz CT molecular complexity index is 904. The Kier molecular flexibility index (Phi) is 5.89. The first-order chi connectivity index (χ1) is 14.5. The maximum atomic E-state index is 13.1. The summed E-state index contributed by atoms with van der Waals surface area (Å²) in [7, 11) is 0. The lowest BCUT2D eigenvalue weighted by Crippen LogP contribution is -2.51. The van der Waals surface area contributed by atoms with Crippen LogP contribution in [-0.4, -0.2) is 41.3 Å². The lowest BCUT2D eigenvalue weighted by molar-refractivity contribution is -0.141. The van der Waals surface area contributed by atoms with Gasteiger partial charge in [-0.05, 0) is 61.3 Å². The number of nitrogens with one attached hydrogen (secondary N) is 1. The second-order valence-electron chi connectivity index (χ2n) is 8.90. The Balaban J connectivity index is 1.52. The molecule has 2 fully saturated rings. The number of hydrogen-bond donors (Lipinski definition) is 1. The van der Waals surface area contributed by atoms with Crippen LogP contribution in [0.1, 0.15) is 38.7 Å². The van der Waals surface area contributed by atoms with Crippen molar-refractivity contribution >= 4 is 11.8 Å². The first kappa shape index (κ1) is 20.6. The SMILES string of the molecule is CCNC(=O)C1(Cc2cccc(-c3cccnc3)c2)CCN(C(=O)[C@H]2C[C@@H]2C)CC1. The number of rotatable bonds is 6. The van der Waals surface area contributed by atoms with E-state index in [1.165, 1.54) is 0 Å². The molecule has 1 N–H and O–H groups in total. The van der Waals surface area contributed by atoms with E-state index < -0.39 is 5.41 Å². The van der Waals surface area contributed by atoms with E-state index in [-0.39, 0.29) is 17.7 Å². The number of pyridine rings is 1. The smallest absolute Gasteiger partial charge is 0.226 e. The molecule has 2 heterocycles. The van der Waals surface area contributed by atoms with E-state index in [0.717, 1.165) is 23.1 Å². The van der Waals surface area contributed by atoms with Crippen molar-refractivity contribution in [1.29, 1.82) is 0 Å². The van der Waals surface area contributed by atoms with Crippen molar-refractivity contribution in [2.24, 2.45) is 17.3 Å². The monoisotopic (exact) mass is 405 g/mol. The van der Waals surface area contributed by atoms with E-state index in [9.17, 15) is 9.59 Å². The topological polar surface area (TPSA) is 62.3 Å². The van der Waals surface area contributed by atoms with Crippen LogP contribution in [0.3, 0.4) is 0 Å². The summed E-state index contributed by atoms with van der Waals surface area (Å²) >= 11 is 0. The summed E-state index contributed by atoms with van der Waals surface area (Å²) < 4.78 is 0. The number of amides is 2. The van der Waals surface area contributed by atoms with Gasteiger partial charge in [-0.25, -0.2) is 0 Å². The van der Waals surface area contributed by atoms with E-state index in [1.54, 1.807) is 6.20 Å². The largest absolute Gasteiger partial charge is 0.356 e. The van der Waals surface area contributed by atoms with Crippen LogP contribution in [0.25, 0.3) is 11.1 Å². The Labute approximate surface area is 178 Å². The van der Waals surface area contributed by atoms with Gasteiger partial charge in [-0.15, -0.1) is 0 Å². The third-order valence-electron chi connectivity index (χ3n) is 6.74. The Morgan fingerprint density at radius 3 is 2.53 bits per heavy atom. The van der Waals surface area contributed by atoms with Gasteiger partial charge in [0.1, 0.15) is 0 Å². The highest BCUT2D eigenvalue weighted by Gasteiger charge is 2.46. The van der Waals surface area contributed by atoms with Crippen molar-refractivity contribution < 1.29 is 9.59 Å². The van der Waals surface area contributed by atoms with Crippen molar-refractivity contribution in [3.63, 3.8) is 0 Å². The highest BCUT2D eigenvalue weighted by Crippen LogP contribution is 2.42. The minimum absolute atomic E-state index is 0.115. The molecule has 1 aromatic heterocycles. The molecule has 5 nitrogen and oxygen atoms in total. The van der Waals surface area contributed by atoms with Crippen molar-refractivity contribution in [3.05, 3.63) is 54.4 Å². The molecule has 1 aromatic carbocycles. The van der Waals surface area contributed by atoms with Gasteiger partial charge in [-0.1, -0.05) is 37.3 Å². The molecule has 2 amide bonds. The van der Waals surface area contributed by atoms with Crippen LogP contribution in [0.2, 0.25) is 0 Å². The molecule has 30 heavy (non-hydrogen) atoms. The van der Waals surface area contributed by atoms with Gasteiger partial charge in [-0.2, -0.15) is 0 Å². The zero-order chi connectivity index (χ0) is 21.1. The number of likely N-dealkylation sites (tertiary alicyclic amines) is 1. The fraction of sp³-hybridized carbons (Fsp3) is 0.480. The van der Waals surface area contributed by atoms with E-state index in [4.69, 9.17) is 0 Å². The van der Waals surface area contributed by atoms with Crippen LogP contribution in [-0.2, 0) is 16.0 Å². The van der Waals surface area contributed by atoms with Gasteiger partial charge in [0.2, 0.25) is 11.8 Å². The molecular formula is C25H31N3O2. The summed E-state index contributed by atoms with van der Waals surface area (Å²) in [5.74, 6) is 1.12. The average molecular weight is 406 g/mol. The zero-order valence-electron chi connectivity index (χ0n) is 17.9. The highest BCUT2D eigenvalue weighted by molar-refractivity contribution is 5.85. The van der Waals surface area contributed by atoms with Crippen molar-refractivity contribution in [2.45, 2.75) is 39.5 Å². The molecule has 0 radical (unpaired) electrons. The van der Waals surface area contributed by atoms with Crippen LogP contribution in [0.4, 0.5) is 0 Å². The van der Waals surface area contributed by atoms with Crippen LogP contribution >= 0.6 is 0 Å². The molecule has 1 saturated carbocycles. The molecule has 1 saturated heterocycles. The van der Waals surface area contributed by atoms with Gasteiger partial charge in [0.25, 0.3) is 0 Å². The summed E-state index contributed by atoms with van der Waals surface area (Å²) in [6.45, 7) is 6.06. The number of carbonyl (C=O) groups is 2. The lowest BCUT2D eigenvalue weighted by atomic mass is 9.72. The molecule has 1 aliphatic heterocycles. The van der Waals surface area contributed by atoms with Gasteiger partial charge in [0.15, 0.2) is 0 Å². The van der Waals surface area contributed by atoms with E-state index in [1.807, 2.05) is 24.1 Å². The second kappa shape index (κ2) is 8.58. The quantitative estimate of drug-likeness (QED) is 0.797. The first-order valence-electron chi connectivity index (χ1n) is 11.1. The molecule has 158 valence electrons. The summed E-state index contributed by atoms with van der Waals surface area (Å²) in [6, 6.07) is 12.4. The Morgan fingerprint density at radius 1 is 1.17 bits per heavy atom. The zero-order valence-corrected chi connectivity index (χ0v) is 17.9. The predicted octanol–water partition coefficient (Wildman–Crippen LogP) is 3.69. The van der Waals surface area contributed by atoms with Crippen LogP contribution in [0, 0.1) is 17.3 Å². The third-order valence-corrected chi connectivity index (χ3v) is 6.74. The van der Waals surface area contributed by atoms with E-state index in [2.05, 4.69) is 47.6 Å². The minimum atomic E-state index is -0.463. The third kappa shape index (κ3) is 4.25. The van der Waals surface area contributed by atoms with Crippen molar-refractivity contribution in [3.8, 4) is 11.1 Å². The van der Waals surface area contributed by atoms with Gasteiger partial charge in [0.05, 0.1) is 5.41 Å². The Morgan fingerprint density at radius 2 is 1.90 bits per heavy atom. The number of carbonyl (C=O) groups excluding carboxylic acids is 2. The minimum Gasteiger partial charge on any atom is -0.356 e. The number of benzene rings is 1. The summed E-state index contributed by atoms with van der Waals surface area (Å²) in [6.07, 6.45) is 6.76. The number of aromatic nitrogens is 1. The molecule has 1 aliphatic carbocycles. The van der Waals surface area contributed by atoms with Crippen LogP contribution in [0.15, 0.2) is 48.8 Å². The first-order valence-corrected chi connectivity index (χ1v) is 11.1. The summed E-state index contributed by atoms with van der Waals surface area (Å²) in [5, 5.41) is 3.06. The number of piperidine rings is 1. The highest BCUT2D eigenvalue weighted by atomic mass is 16.2. The van der Waals surface area contributed by atoms with Gasteiger partial charge < -0.3 is 10.2 Å². The average Bonchev–Trinajstić information content (AvgIpc) is 3.51. The Hall–Kier alpha value is -2.69. The summed E-state index contributed by atoms with van der Waals surface area (Å²) in [4.78, 5) is 32.0. The normalized spacial score (nSPS) is 22.4. The van der Waals surface area contributed by atoms with E-state index >= 15 is 0 Å². The molecule has 2 aromatic rings. The standard InChI is InChI=1S/C25H31N3O2/c1-3-27-24(30)25(9-12-28(13-10-25)23(29)22-14-18(22)2)16-19-6-4-7-20(15-19)21-8-5-11-26-17-21/h4-8,11,15,17-18,22H,3,9-10,12-14,16H2,1-2H3,(H,27,30)/t18-,22-/m0/s1. The van der Waals surface area contributed by atoms with Crippen LogP contribution in [0.5, 0.6) is 0 Å². The number of nitrogens with zero attached hydrogens (tertiary/aromatic N) is 2. The molecule has 4 rings (SSSR count). The fourth-order valence-corrected chi connectivity index (χ4v) is 4.67. The van der Waals surface area contributed by atoms with Gasteiger partial charge in [0, 0.05) is 37.9 Å². The van der Waals surface area contributed by atoms with Crippen LogP contribution < -0.4 is 5.32 Å². The molecule has 0 bridgehead atoms. The lowest BCUT2D eigenvalue weighted by Gasteiger charge is -2.41. The van der Waals surface area contributed by atoms with Crippen molar-refractivity contribution in [2.75, 3.05) is 19.6 Å². The van der Waals surface area contributed by atoms with Gasteiger partial charge in [-0.3, -0.25) is 14.6 Å². The molecule has 2 aliphatic rings. The molecule has 5 heteroatoms. The fourth-order valence-electron chi connectivity index (χ4n) is 4.67. The molecular weight excluding hydrogens is 374 g/mol. The molecule has 0 unspecified atom stereocenters. The summed E-state index contributed by atoms with van der Waals surface area (Å²) in [5.41, 5.74) is 2.88. The van der Waals surface area contributed by atoms with Gasteiger partial charge >= 0.3 is 0 Å². The number of hydrogen-bond acceptors (Lipinski definition) is 3. The predicted molar refractivity (Wildman–Crippen MR) is 118 cm³/mol. The second-order valence-corrected chi connectivity index (χ2v) is 8.90. The van der Waals surface area contributed by atoms with Crippen molar-refractivity contribution in [1.82, 2.24) is 15.2 Å². The molecule has 0 spiro atoms. The maximum Gasteiger partial charge on any atom is 0.226 e. The van der Waals surface area contributed by atoms with E-state index in [0.29, 0.717) is 44.8 Å².